The van der Waals surface area contributed by atoms with Crippen LogP contribution in [0.15, 0.2) is 243 Å². The molecule has 0 aliphatic heterocycles. The van der Waals surface area contributed by atoms with Crippen LogP contribution in [0.4, 0.5) is 34.1 Å². The van der Waals surface area contributed by atoms with E-state index in [1.54, 1.807) is 0 Å². The molecule has 0 aliphatic carbocycles. The minimum atomic E-state index is 1.12. The summed E-state index contributed by atoms with van der Waals surface area (Å²) in [5.41, 5.74) is 6.74. The molecular formula is C74H40N2. The number of nitrogens with zero attached hydrogens (tertiary/aromatic N) is 2. The van der Waals surface area contributed by atoms with Gasteiger partial charge in [0.15, 0.2) is 0 Å². The van der Waals surface area contributed by atoms with Crippen LogP contribution in [0.1, 0.15) is 0 Å². The lowest BCUT2D eigenvalue weighted by atomic mass is 9.73. The third-order valence-corrected chi connectivity index (χ3v) is 17.8. The Bertz CT molecular complexity index is 5240. The Hall–Kier alpha value is -10.0. The monoisotopic (exact) mass is 956 g/mol. The van der Waals surface area contributed by atoms with Gasteiger partial charge in [-0.05, 0) is 224 Å². The van der Waals surface area contributed by atoms with Crippen molar-refractivity contribution in [2.24, 2.45) is 0 Å². The molecule has 0 aromatic heterocycles. The molecule has 19 aromatic carbocycles. The van der Waals surface area contributed by atoms with Crippen molar-refractivity contribution in [3.8, 4) is 0 Å². The number of benzene rings is 19. The van der Waals surface area contributed by atoms with Gasteiger partial charge in [-0.3, -0.25) is 0 Å². The quantitative estimate of drug-likeness (QED) is 0.121. The number of anilines is 6. The highest BCUT2D eigenvalue weighted by atomic mass is 15.1. The second-order valence-corrected chi connectivity index (χ2v) is 21.4. The highest BCUT2D eigenvalue weighted by Crippen LogP contribution is 2.61. The van der Waals surface area contributed by atoms with Crippen molar-refractivity contribution in [1.29, 1.82) is 0 Å². The lowest BCUT2D eigenvalue weighted by Crippen LogP contribution is -2.11. The number of rotatable bonds is 6. The van der Waals surface area contributed by atoms with Crippen LogP contribution in [0.3, 0.4) is 0 Å². The molecule has 0 bridgehead atoms. The minimum absolute atomic E-state index is 1.12. The molecule has 0 saturated carbocycles. The van der Waals surface area contributed by atoms with E-state index >= 15 is 0 Å². The Morgan fingerprint density at radius 1 is 0.145 bits per heavy atom. The maximum Gasteiger partial charge on any atom is 0.0474 e. The maximum absolute atomic E-state index is 2.54. The first kappa shape index (κ1) is 39.5. The van der Waals surface area contributed by atoms with Gasteiger partial charge in [0, 0.05) is 34.1 Å². The van der Waals surface area contributed by atoms with E-state index in [9.17, 15) is 0 Å². The van der Waals surface area contributed by atoms with Gasteiger partial charge in [0.2, 0.25) is 0 Å². The summed E-state index contributed by atoms with van der Waals surface area (Å²) < 4.78 is 0. The van der Waals surface area contributed by atoms with Crippen LogP contribution < -0.4 is 9.80 Å². The predicted molar refractivity (Wildman–Crippen MR) is 328 cm³/mol. The molecule has 2 nitrogen and oxygen atoms in total. The van der Waals surface area contributed by atoms with Crippen LogP contribution in [-0.4, -0.2) is 0 Å². The van der Waals surface area contributed by atoms with Crippen molar-refractivity contribution in [2.75, 3.05) is 9.80 Å². The highest BCUT2D eigenvalue weighted by molar-refractivity contribution is 6.61. The van der Waals surface area contributed by atoms with E-state index in [0.29, 0.717) is 0 Å². The van der Waals surface area contributed by atoms with E-state index < -0.39 is 0 Å². The van der Waals surface area contributed by atoms with Gasteiger partial charge >= 0.3 is 0 Å². The lowest BCUT2D eigenvalue weighted by Gasteiger charge is -2.31. The molecule has 0 N–H and O–H groups in total. The lowest BCUT2D eigenvalue weighted by molar-refractivity contribution is 1.30. The van der Waals surface area contributed by atoms with Crippen LogP contribution in [0.2, 0.25) is 0 Å². The molecule has 0 spiro atoms. The van der Waals surface area contributed by atoms with Gasteiger partial charge in [-0.15, -0.1) is 0 Å². The normalized spacial score (nSPS) is 12.7. The smallest absolute Gasteiger partial charge is 0.0474 e. The van der Waals surface area contributed by atoms with Crippen molar-refractivity contribution in [3.63, 3.8) is 0 Å². The topological polar surface area (TPSA) is 6.48 Å². The van der Waals surface area contributed by atoms with Gasteiger partial charge in [0.25, 0.3) is 0 Å². The summed E-state index contributed by atoms with van der Waals surface area (Å²) in [6, 6.07) is 91.8. The standard InChI is InChI=1S/C74H40N2/c1-3-19-45(20-4-1)75(47-33-31-41-15-7-9-17-43(41)35-47)49-37-59-57-29-13-27-55-53-25-11-23-51-52-24-12-26-54-56-28-14-30-58-60-38-50(76(46-21-5-2-6-22-46)48-34-32-42-16-8-10-18-44(42)36-48)40-62-61(39-49)67(59)73-71(65(55)57)69(63(51)53)70(64(52)54)72(66(56)58)74(73)68(60)62/h1-40H. The minimum Gasteiger partial charge on any atom is -0.310 e. The van der Waals surface area contributed by atoms with Crippen molar-refractivity contribution >= 4 is 185 Å². The van der Waals surface area contributed by atoms with E-state index in [1.807, 2.05) is 0 Å². The summed E-state index contributed by atoms with van der Waals surface area (Å²) in [4.78, 5) is 4.98. The molecule has 2 heteroatoms. The van der Waals surface area contributed by atoms with E-state index in [2.05, 4.69) is 252 Å². The second kappa shape index (κ2) is 14.0. The van der Waals surface area contributed by atoms with Gasteiger partial charge in [-0.2, -0.15) is 0 Å². The molecule has 76 heavy (non-hydrogen) atoms. The fourth-order valence-corrected chi connectivity index (χ4v) is 14.9. The zero-order valence-electron chi connectivity index (χ0n) is 41.0. The molecular weight excluding hydrogens is 917 g/mol. The zero-order valence-corrected chi connectivity index (χ0v) is 41.0. The molecule has 0 saturated heterocycles. The first-order valence-electron chi connectivity index (χ1n) is 26.6. The van der Waals surface area contributed by atoms with Crippen molar-refractivity contribution in [1.82, 2.24) is 0 Å². The number of fused-ring (bicyclic) bond motifs is 8. The predicted octanol–water partition coefficient (Wildman–Crippen LogP) is 21.4. The Morgan fingerprint density at radius 3 is 0.737 bits per heavy atom. The van der Waals surface area contributed by atoms with Gasteiger partial charge in [0.1, 0.15) is 0 Å². The van der Waals surface area contributed by atoms with Crippen molar-refractivity contribution in [3.05, 3.63) is 243 Å². The second-order valence-electron chi connectivity index (χ2n) is 21.4. The third kappa shape index (κ3) is 4.80. The average Bonchev–Trinajstić information content (AvgIpc) is 2.20. The zero-order chi connectivity index (χ0) is 49.1. The molecule has 346 valence electrons. The first-order valence-corrected chi connectivity index (χ1v) is 26.6. The van der Waals surface area contributed by atoms with E-state index in [-0.39, 0.29) is 0 Å². The summed E-state index contributed by atoms with van der Waals surface area (Å²) in [5, 5.41) is 37.1. The Labute approximate surface area is 435 Å². The van der Waals surface area contributed by atoms with Crippen LogP contribution in [0.25, 0.3) is 151 Å². The SMILES string of the molecule is c1ccc(N(c2ccc3ccccc3c2)c2cc3c4cccc5c6cccc7c8cccc9c%10cccc%11c%12cc(N(c%13ccccc%13)c%13ccc%14ccccc%14c%13)cc%13c(c2)c3c2c(c54)c(c76)c(c89)c(c%10%11)c2c%12%13)cc1. The molecule has 0 aliphatic rings. The fraction of sp³-hybridized carbons (Fsp3) is 0. The Kier molecular flexibility index (Phi) is 7.26. The van der Waals surface area contributed by atoms with Gasteiger partial charge in [-0.1, -0.05) is 170 Å². The molecule has 19 rings (SSSR count). The summed E-state index contributed by atoms with van der Waals surface area (Å²) >= 11 is 0. The van der Waals surface area contributed by atoms with Gasteiger partial charge in [-0.25, -0.2) is 0 Å². The molecule has 0 fully saturated rings. The van der Waals surface area contributed by atoms with E-state index in [4.69, 9.17) is 0 Å². The summed E-state index contributed by atoms with van der Waals surface area (Å²) in [6.07, 6.45) is 0. The Morgan fingerprint density at radius 2 is 0.408 bits per heavy atom. The van der Waals surface area contributed by atoms with Crippen LogP contribution in [-0.2, 0) is 0 Å². The van der Waals surface area contributed by atoms with Crippen LogP contribution in [0, 0.1) is 0 Å². The third-order valence-electron chi connectivity index (χ3n) is 17.8. The Balaban J connectivity index is 1.08. The van der Waals surface area contributed by atoms with Crippen molar-refractivity contribution in [2.45, 2.75) is 0 Å². The van der Waals surface area contributed by atoms with E-state index in [1.165, 1.54) is 151 Å². The maximum atomic E-state index is 2.54. The molecule has 19 aromatic rings. The summed E-state index contributed by atoms with van der Waals surface area (Å²) in [7, 11) is 0. The molecule has 0 unspecified atom stereocenters. The van der Waals surface area contributed by atoms with E-state index in [0.717, 1.165) is 34.1 Å². The molecule has 0 heterocycles. The van der Waals surface area contributed by atoms with Crippen molar-refractivity contribution < 1.29 is 0 Å². The molecule has 0 atom stereocenters. The fourth-order valence-electron chi connectivity index (χ4n) is 14.9. The van der Waals surface area contributed by atoms with Crippen LogP contribution in [0.5, 0.6) is 0 Å². The number of hydrogen-bond acceptors (Lipinski definition) is 2. The van der Waals surface area contributed by atoms with Crippen LogP contribution >= 0.6 is 0 Å². The van der Waals surface area contributed by atoms with Gasteiger partial charge < -0.3 is 9.80 Å². The highest BCUT2D eigenvalue weighted by Gasteiger charge is 2.32. The average molecular weight is 957 g/mol. The summed E-state index contributed by atoms with van der Waals surface area (Å²) in [6.45, 7) is 0. The molecule has 0 amide bonds. The largest absolute Gasteiger partial charge is 0.310 e. The number of hydrogen-bond donors (Lipinski definition) is 0. The van der Waals surface area contributed by atoms with Gasteiger partial charge in [0.05, 0.1) is 0 Å². The first-order chi connectivity index (χ1) is 37.7. The number of para-hydroxylation sites is 2. The summed E-state index contributed by atoms with van der Waals surface area (Å²) in [5.74, 6) is 0. The molecule has 0 radical (unpaired) electrons.